The Bertz CT molecular complexity index is 992. The van der Waals surface area contributed by atoms with Crippen molar-refractivity contribution in [2.45, 2.75) is 142 Å². The lowest BCUT2D eigenvalue weighted by Gasteiger charge is -2.39. The van der Waals surface area contributed by atoms with Crippen LogP contribution in [-0.2, 0) is 30.1 Å². The molecule has 0 heterocycles. The van der Waals surface area contributed by atoms with Crippen molar-refractivity contribution in [3.8, 4) is 0 Å². The molecule has 0 aliphatic heterocycles. The topological polar surface area (TPSA) is 61.8 Å². The largest absolute Gasteiger partial charge is 0.463 e. The summed E-state index contributed by atoms with van der Waals surface area (Å²) in [7, 11) is -2.06. The Morgan fingerprint density at radius 1 is 1.07 bits per heavy atom. The molecular formula is C36H58O5Si. The second kappa shape index (κ2) is 17.9. The number of carbonyl (C=O) groups is 2. The van der Waals surface area contributed by atoms with Gasteiger partial charge in [-0.2, -0.15) is 0 Å². The highest BCUT2D eigenvalue weighted by Crippen LogP contribution is 2.43. The Morgan fingerprint density at radius 2 is 1.79 bits per heavy atom. The maximum atomic E-state index is 13.4. The minimum absolute atomic E-state index is 0.00256. The number of allylic oxidation sites excluding steroid dienone is 2. The molecule has 6 heteroatoms. The number of rotatable bonds is 18. The molecule has 0 amide bonds. The van der Waals surface area contributed by atoms with Crippen molar-refractivity contribution in [2.24, 2.45) is 11.8 Å². The van der Waals surface area contributed by atoms with Crippen LogP contribution >= 0.6 is 0 Å². The van der Waals surface area contributed by atoms with E-state index >= 15 is 0 Å². The Balaban J connectivity index is 2.16. The second-order valence-electron chi connectivity index (χ2n) is 13.6. The van der Waals surface area contributed by atoms with Crippen molar-refractivity contribution < 1.29 is 23.5 Å². The Hall–Kier alpha value is -2.02. The lowest BCUT2D eigenvalue weighted by Crippen LogP contribution is -2.45. The van der Waals surface area contributed by atoms with Gasteiger partial charge in [0.15, 0.2) is 8.32 Å². The number of unbranched alkanes of at least 4 members (excludes halogenated alkanes) is 3. The van der Waals surface area contributed by atoms with Crippen molar-refractivity contribution in [2.75, 3.05) is 0 Å². The zero-order valence-corrected chi connectivity index (χ0v) is 28.7. The van der Waals surface area contributed by atoms with Gasteiger partial charge in [-0.3, -0.25) is 9.59 Å². The molecule has 5 nitrogen and oxygen atoms in total. The first-order valence-corrected chi connectivity index (χ1v) is 19.1. The van der Waals surface area contributed by atoms with Gasteiger partial charge in [0.25, 0.3) is 0 Å². The lowest BCUT2D eigenvalue weighted by atomic mass is 9.90. The number of ether oxygens (including phenoxy) is 2. The summed E-state index contributed by atoms with van der Waals surface area (Å²) in [6.07, 6.45) is 16.0. The van der Waals surface area contributed by atoms with E-state index in [1.165, 1.54) is 18.4 Å². The van der Waals surface area contributed by atoms with Gasteiger partial charge in [-0.05, 0) is 63.2 Å². The highest BCUT2D eigenvalue weighted by molar-refractivity contribution is 6.74. The van der Waals surface area contributed by atoms with Gasteiger partial charge in [-0.1, -0.05) is 102 Å². The van der Waals surface area contributed by atoms with Gasteiger partial charge in [0.2, 0.25) is 0 Å². The molecule has 1 aliphatic carbocycles. The van der Waals surface area contributed by atoms with E-state index in [2.05, 4.69) is 77.2 Å². The van der Waals surface area contributed by atoms with E-state index in [1.54, 1.807) is 0 Å². The second-order valence-corrected chi connectivity index (χ2v) is 18.4. The van der Waals surface area contributed by atoms with Crippen LogP contribution in [0.4, 0.5) is 0 Å². The molecule has 0 bridgehead atoms. The molecule has 1 aromatic rings. The first-order valence-electron chi connectivity index (χ1n) is 16.2. The number of carbonyl (C=O) groups excluding carboxylic acids is 2. The first-order chi connectivity index (χ1) is 19.8. The molecule has 1 aliphatic rings. The SMILES string of the molecule is CCCCCC(/C=C/[C@H]1[C@H](O[Si](C)(C)C(C)(C)C)CC(=O)[C@@H]1C/C=C\CCCC(=O)OC(C)C)OCc1ccccc1. The third-order valence-corrected chi connectivity index (χ3v) is 13.1. The average molecular weight is 599 g/mol. The Labute approximate surface area is 257 Å². The number of hydrogen-bond acceptors (Lipinski definition) is 5. The van der Waals surface area contributed by atoms with E-state index in [0.29, 0.717) is 25.9 Å². The number of esters is 1. The van der Waals surface area contributed by atoms with Crippen LogP contribution in [0.2, 0.25) is 18.1 Å². The summed E-state index contributed by atoms with van der Waals surface area (Å²) in [5.41, 5.74) is 1.17. The normalized spacial score (nSPS) is 20.7. The fourth-order valence-electron chi connectivity index (χ4n) is 5.09. The van der Waals surface area contributed by atoms with E-state index in [1.807, 2.05) is 32.0 Å². The molecule has 1 unspecified atom stereocenters. The van der Waals surface area contributed by atoms with Gasteiger partial charge in [0.1, 0.15) is 5.78 Å². The zero-order valence-electron chi connectivity index (χ0n) is 27.7. The summed E-state index contributed by atoms with van der Waals surface area (Å²) >= 11 is 0. The Kier molecular flexibility index (Phi) is 15.4. The van der Waals surface area contributed by atoms with Crippen LogP contribution in [0.25, 0.3) is 0 Å². The van der Waals surface area contributed by atoms with Crippen molar-refractivity contribution >= 4 is 20.1 Å². The highest BCUT2D eigenvalue weighted by Gasteiger charge is 2.46. The standard InChI is InChI=1S/C36H58O5Si/c1-9-10-14-21-30(39-27-29-19-15-13-16-20-29)24-25-32-31(22-17-11-12-18-23-35(38)40-28(2)3)33(37)26-34(32)41-42(7,8)36(4,5)6/h11,13,15-17,19-20,24-25,28,30-32,34H,9-10,12,14,18,21-23,26-27H2,1-8H3/b17-11-,25-24+/t30?,31-,32-,34-/m1/s1. The first kappa shape index (κ1) is 36.2. The average Bonchev–Trinajstić information content (AvgIpc) is 3.19. The number of Topliss-reactive ketones (excluding diaryl/α,β-unsaturated/α-hetero) is 1. The van der Waals surface area contributed by atoms with Crippen LogP contribution in [0.15, 0.2) is 54.6 Å². The smallest absolute Gasteiger partial charge is 0.306 e. The third kappa shape index (κ3) is 12.7. The molecule has 1 saturated carbocycles. The molecule has 1 fully saturated rings. The molecular weight excluding hydrogens is 540 g/mol. The van der Waals surface area contributed by atoms with Gasteiger partial charge in [-0.25, -0.2) is 0 Å². The van der Waals surface area contributed by atoms with Crippen molar-refractivity contribution in [3.63, 3.8) is 0 Å². The van der Waals surface area contributed by atoms with Crippen molar-refractivity contribution in [1.82, 2.24) is 0 Å². The van der Waals surface area contributed by atoms with Crippen LogP contribution in [0, 0.1) is 11.8 Å². The molecule has 2 rings (SSSR count). The molecule has 1 aromatic carbocycles. The number of benzene rings is 1. The molecule has 0 radical (unpaired) electrons. The lowest BCUT2D eigenvalue weighted by molar-refractivity contribution is -0.147. The van der Waals surface area contributed by atoms with E-state index in [0.717, 1.165) is 25.7 Å². The summed E-state index contributed by atoms with van der Waals surface area (Å²) in [5, 5.41) is 0.0699. The maximum absolute atomic E-state index is 13.4. The van der Waals surface area contributed by atoms with Gasteiger partial charge in [0.05, 0.1) is 24.9 Å². The van der Waals surface area contributed by atoms with Crippen LogP contribution in [-0.4, -0.2) is 38.4 Å². The van der Waals surface area contributed by atoms with Gasteiger partial charge in [0, 0.05) is 24.7 Å². The summed E-state index contributed by atoms with van der Waals surface area (Å²) in [5.74, 6) is 0.0457. The van der Waals surface area contributed by atoms with Gasteiger partial charge >= 0.3 is 5.97 Å². The molecule has 42 heavy (non-hydrogen) atoms. The highest BCUT2D eigenvalue weighted by atomic mass is 28.4. The monoisotopic (exact) mass is 598 g/mol. The molecule has 236 valence electrons. The number of hydrogen-bond donors (Lipinski definition) is 0. The summed E-state index contributed by atoms with van der Waals surface area (Å²) in [6, 6.07) is 10.3. The van der Waals surface area contributed by atoms with E-state index in [4.69, 9.17) is 13.9 Å². The van der Waals surface area contributed by atoms with Gasteiger partial charge in [-0.15, -0.1) is 0 Å². The van der Waals surface area contributed by atoms with Crippen molar-refractivity contribution in [1.29, 1.82) is 0 Å². The van der Waals surface area contributed by atoms with Crippen molar-refractivity contribution in [3.05, 3.63) is 60.2 Å². The minimum atomic E-state index is -2.06. The molecule has 0 saturated heterocycles. The maximum Gasteiger partial charge on any atom is 0.306 e. The third-order valence-electron chi connectivity index (χ3n) is 8.58. The van der Waals surface area contributed by atoms with E-state index in [9.17, 15) is 9.59 Å². The minimum Gasteiger partial charge on any atom is -0.463 e. The molecule has 0 N–H and O–H groups in total. The van der Waals surface area contributed by atoms with E-state index < -0.39 is 8.32 Å². The van der Waals surface area contributed by atoms with Gasteiger partial charge < -0.3 is 13.9 Å². The predicted molar refractivity (Wildman–Crippen MR) is 176 cm³/mol. The predicted octanol–water partition coefficient (Wildman–Crippen LogP) is 9.37. The van der Waals surface area contributed by atoms with Crippen LogP contribution in [0.5, 0.6) is 0 Å². The molecule has 4 atom stereocenters. The molecule has 0 aromatic heterocycles. The summed E-state index contributed by atoms with van der Waals surface area (Å²) in [4.78, 5) is 25.2. The van der Waals surface area contributed by atoms with Crippen LogP contribution in [0.1, 0.15) is 105 Å². The zero-order chi connectivity index (χ0) is 31.2. The number of ketones is 1. The fourth-order valence-corrected chi connectivity index (χ4v) is 6.44. The summed E-state index contributed by atoms with van der Waals surface area (Å²) in [6.45, 7) is 17.8. The van der Waals surface area contributed by atoms with Crippen LogP contribution in [0.3, 0.4) is 0 Å². The van der Waals surface area contributed by atoms with Crippen LogP contribution < -0.4 is 0 Å². The Morgan fingerprint density at radius 3 is 2.43 bits per heavy atom. The summed E-state index contributed by atoms with van der Waals surface area (Å²) < 4.78 is 18.5. The van der Waals surface area contributed by atoms with E-state index in [-0.39, 0.29) is 46.9 Å². The molecule has 0 spiro atoms. The fraction of sp³-hybridized carbons (Fsp3) is 0.667. The quantitative estimate of drug-likeness (QED) is 0.0729.